The molecule has 123 heavy (non-hydrogen) atoms. The molecule has 0 aliphatic carbocycles. The third-order valence-corrected chi connectivity index (χ3v) is 20.0. The van der Waals surface area contributed by atoms with Gasteiger partial charge in [0.1, 0.15) is 23.3 Å². The van der Waals surface area contributed by atoms with Crippen LogP contribution < -0.4 is 5.73 Å². The van der Waals surface area contributed by atoms with Gasteiger partial charge < -0.3 is 34.8 Å². The van der Waals surface area contributed by atoms with Crippen molar-refractivity contribution >= 4 is 116 Å². The van der Waals surface area contributed by atoms with Crippen LogP contribution in [-0.2, 0) is 40.6 Å². The zero-order valence-electron chi connectivity index (χ0n) is 71.3. The van der Waals surface area contributed by atoms with E-state index in [9.17, 15) is 19.5 Å². The Balaban J connectivity index is 0.000000231. The third kappa shape index (κ3) is 33.9. The molecule has 1 aliphatic rings. The van der Waals surface area contributed by atoms with Gasteiger partial charge in [0.2, 0.25) is 0 Å². The maximum atomic E-state index is 13.1. The van der Waals surface area contributed by atoms with E-state index in [1.807, 2.05) is 117 Å². The number of likely N-dealkylation sites (N-methyl/N-ethyl adjacent to an activating group) is 3. The van der Waals surface area contributed by atoms with Gasteiger partial charge in [-0.3, -0.25) is 14.4 Å². The molecule has 3 aromatic carbocycles. The second kappa shape index (κ2) is 52.8. The molecule has 0 radical (unpaired) electrons. The minimum atomic E-state index is -0.978. The number of aryl methyl sites for hydroxylation is 1. The first-order chi connectivity index (χ1) is 58.9. The largest absolute Gasteiger partial charge is 0.486 e. The Bertz CT molecular complexity index is 5090. The highest BCUT2D eigenvalue weighted by molar-refractivity contribution is 9.11. The second-order valence-corrected chi connectivity index (χ2v) is 32.4. The monoisotopic (exact) mass is 1990 g/mol. The number of carbonyl (C=O) groups is 3. The Morgan fingerprint density at radius 1 is 0.472 bits per heavy atom. The number of para-hydroxylation sites is 3. The molecule has 648 valence electrons. The van der Waals surface area contributed by atoms with E-state index < -0.39 is 5.60 Å². The molecule has 3 N–H and O–H groups in total. The van der Waals surface area contributed by atoms with Gasteiger partial charge in [-0.1, -0.05) is 82.2 Å². The van der Waals surface area contributed by atoms with Crippen molar-refractivity contribution in [2.45, 2.75) is 145 Å². The number of halogens is 5. The summed E-state index contributed by atoms with van der Waals surface area (Å²) in [7, 11) is -0.250. The first-order valence-corrected chi connectivity index (χ1v) is 43.5. The lowest BCUT2D eigenvalue weighted by Crippen LogP contribution is -2.41. The number of nitrogens with two attached hydrogens (primary N) is 1. The minimum absolute atomic E-state index is 0.0625. The van der Waals surface area contributed by atoms with Crippen LogP contribution in [0.1, 0.15) is 174 Å². The number of rotatable bonds is 26. The quantitative estimate of drug-likeness (QED) is 0.0289. The molecule has 12 aromatic rings. The zero-order valence-corrected chi connectivity index (χ0v) is 79.2. The molecule has 1 saturated heterocycles. The number of aliphatic hydroxyl groups is 1. The van der Waals surface area contributed by atoms with Gasteiger partial charge in [-0.15, -0.1) is 6.58 Å². The fourth-order valence-corrected chi connectivity index (χ4v) is 11.6. The van der Waals surface area contributed by atoms with E-state index in [1.165, 1.54) is 33.7 Å². The normalized spacial score (nSPS) is 11.9. The summed E-state index contributed by atoms with van der Waals surface area (Å²) in [5, 5.41) is 34.8. The van der Waals surface area contributed by atoms with E-state index in [1.54, 1.807) is 170 Å². The topological polar surface area (TPSA) is 372 Å². The number of amides is 3. The van der Waals surface area contributed by atoms with Crippen molar-refractivity contribution < 1.29 is 28.8 Å². The highest BCUT2D eigenvalue weighted by Crippen LogP contribution is 2.37. The van der Waals surface area contributed by atoms with E-state index in [0.717, 1.165) is 47.8 Å². The highest BCUT2D eigenvalue weighted by atomic mass is 79.9. The van der Waals surface area contributed by atoms with Gasteiger partial charge in [0.25, 0.3) is 17.7 Å². The van der Waals surface area contributed by atoms with Crippen molar-refractivity contribution in [3.05, 3.63) is 290 Å². The molecule has 0 saturated carbocycles. The van der Waals surface area contributed by atoms with Gasteiger partial charge in [0, 0.05) is 150 Å². The molecule has 13 rings (SSSR count). The maximum Gasteiger partial charge on any atom is 0.486 e. The van der Waals surface area contributed by atoms with E-state index >= 15 is 0 Å². The summed E-state index contributed by atoms with van der Waals surface area (Å²) in [6.45, 7) is 38.4. The zero-order chi connectivity index (χ0) is 89.9. The van der Waals surface area contributed by atoms with Crippen molar-refractivity contribution in [2.75, 3.05) is 45.8 Å². The number of aromatic nitrogens is 21. The van der Waals surface area contributed by atoms with Crippen molar-refractivity contribution in [2.24, 2.45) is 5.73 Å². The Hall–Kier alpha value is -10.5. The lowest BCUT2D eigenvalue weighted by atomic mass is 9.90. The lowest BCUT2D eigenvalue weighted by molar-refractivity contribution is 0.00578. The van der Waals surface area contributed by atoms with Crippen LogP contribution in [0.15, 0.2) is 233 Å². The molecular weight excluding hydrogens is 1890 g/mol. The summed E-state index contributed by atoms with van der Waals surface area (Å²) >= 11 is 16.1. The fraction of sp³-hybridized carbons (Fsp3) is 0.337. The van der Waals surface area contributed by atoms with Crippen LogP contribution in [0.3, 0.4) is 0 Å². The van der Waals surface area contributed by atoms with Crippen LogP contribution in [0.4, 0.5) is 0 Å². The van der Waals surface area contributed by atoms with E-state index in [4.69, 9.17) is 15.0 Å². The van der Waals surface area contributed by atoms with Crippen LogP contribution in [0.25, 0.3) is 28.7 Å². The first kappa shape index (κ1) is 101. The Labute approximate surface area is 761 Å². The molecule has 1 fully saturated rings. The molecule has 37 heteroatoms. The molecule has 31 nitrogen and oxygen atoms in total. The molecular formula is C86H105BBr5N25O6. The van der Waals surface area contributed by atoms with Crippen LogP contribution >= 0.6 is 79.6 Å². The van der Waals surface area contributed by atoms with E-state index in [0.29, 0.717) is 126 Å². The fourth-order valence-electron chi connectivity index (χ4n) is 10.6. The van der Waals surface area contributed by atoms with Gasteiger partial charge in [-0.2, -0.15) is 45.0 Å². The van der Waals surface area contributed by atoms with E-state index in [2.05, 4.69) is 197 Å². The molecule has 0 atom stereocenters. The maximum absolute atomic E-state index is 13.1. The Morgan fingerprint density at radius 3 is 1.04 bits per heavy atom. The van der Waals surface area contributed by atoms with Crippen LogP contribution in [0.5, 0.6) is 0 Å². The van der Waals surface area contributed by atoms with Gasteiger partial charge in [0.15, 0.2) is 10.6 Å². The SMILES string of the molecule is Brc1cnc(Br)nc1.C=C(C)c1cnc(CCN(CC)C(=O)c2ccccc2-n2nccn2)nc1.C=CB1OC(C)(C)C(C)(C)O1.C=Cc1ncc(Br)cn1.CCCCCc1ncc(Br)cn1.CCN.CCN(CCc1ncc(Br)cn1)C(=O)c1ccccc1-n1nccn1.CCN(CCc1ncc(C(C)(C)O)cn1)C(=O)c1ccccc1-n1nccn1. The number of nitrogens with zero attached hydrogens (tertiary/aromatic N) is 24. The van der Waals surface area contributed by atoms with Crippen molar-refractivity contribution in [1.82, 2.24) is 119 Å². The molecule has 0 unspecified atom stereocenters. The number of benzene rings is 3. The number of unbranched alkanes of at least 4 members (excludes halogenated alkanes) is 2. The number of carbonyl (C=O) groups excluding carboxylic acids is 3. The third-order valence-electron chi connectivity index (χ3n) is 18.0. The summed E-state index contributed by atoms with van der Waals surface area (Å²) in [5.41, 5.74) is 9.54. The van der Waals surface area contributed by atoms with E-state index in [-0.39, 0.29) is 36.0 Å². The smallest absolute Gasteiger partial charge is 0.400 e. The lowest BCUT2D eigenvalue weighted by Gasteiger charge is -2.32. The van der Waals surface area contributed by atoms with Crippen LogP contribution in [-0.4, -0.2) is 206 Å². The van der Waals surface area contributed by atoms with Gasteiger partial charge in [-0.25, -0.2) is 59.8 Å². The summed E-state index contributed by atoms with van der Waals surface area (Å²) in [6, 6.07) is 21.9. The average Bonchev–Trinajstić information content (AvgIpc) is 1.52. The average molecular weight is 2000 g/mol. The molecule has 1 aliphatic heterocycles. The summed E-state index contributed by atoms with van der Waals surface area (Å²) in [6.07, 6.45) is 38.0. The predicted octanol–water partition coefficient (Wildman–Crippen LogP) is 15.9. The van der Waals surface area contributed by atoms with Gasteiger partial charge in [0.05, 0.1) is 106 Å². The summed E-state index contributed by atoms with van der Waals surface area (Å²) in [4.78, 5) is 98.5. The number of allylic oxidation sites excluding steroid dienone is 1. The standard InChI is InChI=1S/C20H24N6O2.C20H22N6O.C17H17BrN6O.C9H13BrN2.C8H15BO2.C6H5BrN2.C4H2Br2N2.C2H7N/c1-4-25(12-9-18-21-13-15(14-22-18)20(2,3)28)19(27)16-7-5-6-8-17(16)26-23-10-11-24-26;1-4-25(12-9-19-21-13-16(14-22-19)15(2)3)20(27)17-7-5-6-8-18(17)26-23-10-11-24-26;1-2-23(10-7-16-19-11-13(18)12-20-16)17(25)14-5-3-4-6-15(14)24-21-8-9-22-24;1-2-3-4-5-9-11-6-8(10)7-12-9;1-6-9-10-7(2,3)8(4,5)11-9;1-2-6-8-3-5(7)4-9-6;5-3-1-7-4(6)8-2-3;1-2-3/h5-8,10-11,13-14,28H,4,9,12H2,1-3H3;5-8,10-11,13-14H,2,4,9,12H2,1,3H3;3-6,8-9,11-12H,2,7,10H2,1H3;6-7H,2-5H2,1H3;6H,1H2,2-5H3;2-4H,1H2;1-2H;2-3H2,1H3. The summed E-state index contributed by atoms with van der Waals surface area (Å²) in [5.74, 6) is 5.09. The Kier molecular flexibility index (Phi) is 43.5. The number of hydrogen-bond acceptors (Lipinski definition) is 25. The molecule has 0 spiro atoms. The van der Waals surface area contributed by atoms with Crippen molar-refractivity contribution in [3.8, 4) is 17.1 Å². The van der Waals surface area contributed by atoms with Crippen molar-refractivity contribution in [3.63, 3.8) is 0 Å². The van der Waals surface area contributed by atoms with Gasteiger partial charge in [-0.05, 0) is 210 Å². The minimum Gasteiger partial charge on any atom is -0.400 e. The molecule has 9 aromatic heterocycles. The number of hydrogen-bond donors (Lipinski definition) is 2. The molecule has 0 bridgehead atoms. The van der Waals surface area contributed by atoms with Gasteiger partial charge >= 0.3 is 7.12 Å². The second-order valence-electron chi connectivity index (χ2n) is 28.0. The highest BCUT2D eigenvalue weighted by Gasteiger charge is 2.49. The first-order valence-electron chi connectivity index (χ1n) is 39.5. The summed E-state index contributed by atoms with van der Waals surface area (Å²) < 4.78 is 15.3. The molecule has 3 amide bonds. The van der Waals surface area contributed by atoms with Crippen LogP contribution in [0, 0.1) is 0 Å². The molecule has 10 heterocycles. The van der Waals surface area contributed by atoms with Crippen LogP contribution in [0.2, 0.25) is 0 Å². The predicted molar refractivity (Wildman–Crippen MR) is 495 cm³/mol. The van der Waals surface area contributed by atoms with Crippen molar-refractivity contribution in [1.29, 1.82) is 0 Å². The Morgan fingerprint density at radius 2 is 0.764 bits per heavy atom.